The molecule has 0 aliphatic heterocycles. The zero-order valence-corrected chi connectivity index (χ0v) is 17.9. The Morgan fingerprint density at radius 3 is 2.52 bits per heavy atom. The second-order valence-corrected chi connectivity index (χ2v) is 6.86. The number of rotatable bonds is 9. The molecule has 1 unspecified atom stereocenters. The number of benzene rings is 2. The molecule has 1 amide bonds. The lowest BCUT2D eigenvalue weighted by molar-refractivity contribution is -0.114. The molecule has 2 rings (SSSR count). The van der Waals surface area contributed by atoms with Gasteiger partial charge in [0.1, 0.15) is 7.11 Å². The number of carbonyl (C=O) groups excluding carboxylic acids is 1. The Balaban J connectivity index is 2.03. The molecule has 8 heteroatoms. The van der Waals surface area contributed by atoms with Gasteiger partial charge in [0.15, 0.2) is 5.71 Å². The minimum atomic E-state index is -0.347. The van der Waals surface area contributed by atoms with Gasteiger partial charge in [-0.05, 0) is 24.6 Å². The molecular formula is C21H23Cl2N3O3. The number of nitrogens with zero attached hydrogens (tertiary/aromatic N) is 1. The second-order valence-electron chi connectivity index (χ2n) is 6.05. The van der Waals surface area contributed by atoms with Crippen LogP contribution in [0.3, 0.4) is 0 Å². The van der Waals surface area contributed by atoms with Crippen molar-refractivity contribution in [2.75, 3.05) is 14.2 Å². The van der Waals surface area contributed by atoms with Crippen molar-refractivity contribution in [1.82, 2.24) is 10.8 Å². The van der Waals surface area contributed by atoms with Gasteiger partial charge in [-0.1, -0.05) is 70.8 Å². The summed E-state index contributed by atoms with van der Waals surface area (Å²) in [6.07, 6.45) is 3.73. The van der Waals surface area contributed by atoms with E-state index in [0.29, 0.717) is 15.6 Å². The molecule has 0 radical (unpaired) electrons. The molecule has 0 spiro atoms. The molecule has 0 aliphatic rings. The maximum Gasteiger partial charge on any atom is 0.273 e. The van der Waals surface area contributed by atoms with E-state index in [4.69, 9.17) is 32.9 Å². The number of hydrogen-bond acceptors (Lipinski definition) is 5. The molecule has 2 aromatic rings. The van der Waals surface area contributed by atoms with Gasteiger partial charge in [-0.15, -0.1) is 0 Å². The Morgan fingerprint density at radius 1 is 1.17 bits per heavy atom. The molecule has 0 aromatic heterocycles. The van der Waals surface area contributed by atoms with E-state index in [1.807, 2.05) is 37.3 Å². The number of oxime groups is 1. The summed E-state index contributed by atoms with van der Waals surface area (Å²) in [6.45, 7) is 2.15. The van der Waals surface area contributed by atoms with Crippen LogP contribution in [0, 0.1) is 0 Å². The van der Waals surface area contributed by atoms with Crippen LogP contribution in [-0.2, 0) is 21.1 Å². The maximum atomic E-state index is 12.1. The van der Waals surface area contributed by atoms with Gasteiger partial charge in [-0.25, -0.2) is 0 Å². The Labute approximate surface area is 180 Å². The third-order valence-electron chi connectivity index (χ3n) is 3.95. The molecule has 2 N–H and O–H groups in total. The summed E-state index contributed by atoms with van der Waals surface area (Å²) >= 11 is 12.3. The van der Waals surface area contributed by atoms with Crippen molar-refractivity contribution in [2.24, 2.45) is 5.16 Å². The molecule has 154 valence electrons. The van der Waals surface area contributed by atoms with E-state index in [9.17, 15) is 4.79 Å². The highest BCUT2D eigenvalue weighted by molar-refractivity contribution is 6.45. The summed E-state index contributed by atoms with van der Waals surface area (Å²) in [6, 6.07) is 12.6. The first-order chi connectivity index (χ1) is 14.0. The second kappa shape index (κ2) is 11.6. The topological polar surface area (TPSA) is 72.0 Å². The van der Waals surface area contributed by atoms with Crippen molar-refractivity contribution in [3.05, 3.63) is 75.3 Å². The van der Waals surface area contributed by atoms with E-state index in [1.165, 1.54) is 14.2 Å². The molecule has 2 aromatic carbocycles. The molecule has 0 aliphatic carbocycles. The van der Waals surface area contributed by atoms with E-state index >= 15 is 0 Å². The summed E-state index contributed by atoms with van der Waals surface area (Å²) in [4.78, 5) is 22.5. The number of hydrogen-bond donors (Lipinski definition) is 2. The first kappa shape index (κ1) is 22.9. The summed E-state index contributed by atoms with van der Waals surface area (Å²) < 4.78 is 0. The fourth-order valence-electron chi connectivity index (χ4n) is 2.50. The van der Waals surface area contributed by atoms with Crippen LogP contribution in [0.5, 0.6) is 0 Å². The van der Waals surface area contributed by atoms with Crippen LogP contribution in [0.25, 0.3) is 6.08 Å². The highest BCUT2D eigenvalue weighted by Crippen LogP contribution is 2.25. The number of halogens is 2. The van der Waals surface area contributed by atoms with Crippen molar-refractivity contribution in [1.29, 1.82) is 0 Å². The molecule has 29 heavy (non-hydrogen) atoms. The molecule has 1 atom stereocenters. The fourth-order valence-corrected chi connectivity index (χ4v) is 3.02. The smallest absolute Gasteiger partial charge is 0.273 e. The minimum absolute atomic E-state index is 0.111. The average molecular weight is 436 g/mol. The first-order valence-corrected chi connectivity index (χ1v) is 9.64. The van der Waals surface area contributed by atoms with Crippen molar-refractivity contribution in [3.63, 3.8) is 0 Å². The molecule has 6 nitrogen and oxygen atoms in total. The van der Waals surface area contributed by atoms with Crippen LogP contribution in [0.2, 0.25) is 10.0 Å². The highest BCUT2D eigenvalue weighted by Gasteiger charge is 2.17. The number of nitrogens with one attached hydrogen (secondary N) is 2. The molecule has 0 saturated heterocycles. The van der Waals surface area contributed by atoms with Crippen LogP contribution in [0.1, 0.15) is 23.6 Å². The molecule has 0 saturated carbocycles. The van der Waals surface area contributed by atoms with Gasteiger partial charge >= 0.3 is 0 Å². The quantitative estimate of drug-likeness (QED) is 0.456. The number of hydroxylamine groups is 1. The third-order valence-corrected chi connectivity index (χ3v) is 4.60. The number of likely N-dealkylation sites (N-methyl/N-ethyl adjacent to an activating group) is 1. The summed E-state index contributed by atoms with van der Waals surface area (Å²) in [7, 11) is 2.93. The maximum absolute atomic E-state index is 12.1. The lowest BCUT2D eigenvalue weighted by atomic mass is 10.0. The van der Waals surface area contributed by atoms with E-state index in [1.54, 1.807) is 24.3 Å². The van der Waals surface area contributed by atoms with Gasteiger partial charge in [0.05, 0.1) is 6.61 Å². The SMILES string of the molecule is CNC(=O)C(=NOC)c1ccccc1CONC(C)C=Cc1c(Cl)cccc1Cl. The molecular weight excluding hydrogens is 413 g/mol. The molecule has 0 heterocycles. The van der Waals surface area contributed by atoms with E-state index in [-0.39, 0.29) is 24.3 Å². The van der Waals surface area contributed by atoms with Crippen LogP contribution >= 0.6 is 23.2 Å². The van der Waals surface area contributed by atoms with E-state index < -0.39 is 0 Å². The summed E-state index contributed by atoms with van der Waals surface area (Å²) in [5.41, 5.74) is 5.27. The molecule has 0 fully saturated rings. The predicted molar refractivity (Wildman–Crippen MR) is 117 cm³/mol. The standard InChI is InChI=1S/C21H23Cl2N3O3/c1-14(11-12-17-18(22)9-6-10-19(17)23)25-29-13-15-7-4-5-8-16(15)20(26-28-3)21(27)24-2/h4-12,14,25H,13H2,1-3H3,(H,24,27). The van der Waals surface area contributed by atoms with Gasteiger partial charge in [-0.3, -0.25) is 9.63 Å². The van der Waals surface area contributed by atoms with Gasteiger partial charge in [-0.2, -0.15) is 5.48 Å². The van der Waals surface area contributed by atoms with Crippen LogP contribution in [0.4, 0.5) is 0 Å². The van der Waals surface area contributed by atoms with Crippen molar-refractivity contribution >= 4 is 40.9 Å². The van der Waals surface area contributed by atoms with Crippen LogP contribution in [0.15, 0.2) is 53.7 Å². The van der Waals surface area contributed by atoms with Crippen LogP contribution in [-0.4, -0.2) is 31.8 Å². The van der Waals surface area contributed by atoms with Crippen LogP contribution < -0.4 is 10.8 Å². The normalized spacial score (nSPS) is 12.8. The monoisotopic (exact) mass is 435 g/mol. The largest absolute Gasteiger partial charge is 0.398 e. The van der Waals surface area contributed by atoms with Gasteiger partial charge < -0.3 is 10.2 Å². The van der Waals surface area contributed by atoms with Crippen molar-refractivity contribution in [2.45, 2.75) is 19.6 Å². The van der Waals surface area contributed by atoms with Gasteiger partial charge in [0, 0.05) is 34.3 Å². The minimum Gasteiger partial charge on any atom is -0.398 e. The van der Waals surface area contributed by atoms with Crippen molar-refractivity contribution in [3.8, 4) is 0 Å². The van der Waals surface area contributed by atoms with Crippen molar-refractivity contribution < 1.29 is 14.5 Å². The van der Waals surface area contributed by atoms with Gasteiger partial charge in [0.25, 0.3) is 5.91 Å². The predicted octanol–water partition coefficient (Wildman–Crippen LogP) is 4.21. The lowest BCUT2D eigenvalue weighted by Crippen LogP contribution is -2.30. The Kier molecular flexibility index (Phi) is 9.15. The third kappa shape index (κ3) is 6.58. The Bertz CT molecular complexity index is 880. The number of amides is 1. The highest BCUT2D eigenvalue weighted by atomic mass is 35.5. The summed E-state index contributed by atoms with van der Waals surface area (Å²) in [5, 5.41) is 7.55. The zero-order chi connectivity index (χ0) is 21.2. The Morgan fingerprint density at radius 2 is 1.86 bits per heavy atom. The average Bonchev–Trinajstić information content (AvgIpc) is 2.71. The Hall–Kier alpha value is -2.38. The first-order valence-electron chi connectivity index (χ1n) is 8.89. The summed E-state index contributed by atoms with van der Waals surface area (Å²) in [5.74, 6) is -0.347. The number of carbonyl (C=O) groups is 1. The van der Waals surface area contributed by atoms with E-state index in [0.717, 1.165) is 11.1 Å². The fraction of sp³-hybridized carbons (Fsp3) is 0.238. The molecule has 0 bridgehead atoms. The zero-order valence-electron chi connectivity index (χ0n) is 16.4. The van der Waals surface area contributed by atoms with E-state index in [2.05, 4.69) is 16.0 Å². The lowest BCUT2D eigenvalue weighted by Gasteiger charge is -2.13. The van der Waals surface area contributed by atoms with Gasteiger partial charge in [0.2, 0.25) is 0 Å².